The van der Waals surface area contributed by atoms with Gasteiger partial charge in [-0.2, -0.15) is 0 Å². The van der Waals surface area contributed by atoms with Crippen LogP contribution in [0.15, 0.2) is 54.6 Å². The van der Waals surface area contributed by atoms with Crippen molar-refractivity contribution >= 4 is 23.3 Å². The van der Waals surface area contributed by atoms with Gasteiger partial charge in [-0.25, -0.2) is 6.57 Å². The maximum absolute atomic E-state index is 13.7. The molecule has 2 aliphatic rings. The Kier molecular flexibility index (Phi) is 6.83. The van der Waals surface area contributed by atoms with Crippen molar-refractivity contribution in [1.82, 2.24) is 4.90 Å². The second kappa shape index (κ2) is 9.80. The molecule has 0 saturated carbocycles. The Bertz CT molecular complexity index is 1120. The van der Waals surface area contributed by atoms with E-state index in [1.165, 1.54) is 0 Å². The van der Waals surface area contributed by atoms with Crippen LogP contribution in [-0.4, -0.2) is 35.2 Å². The molecule has 2 aromatic rings. The van der Waals surface area contributed by atoms with Gasteiger partial charge in [-0.15, -0.1) is 0 Å². The van der Waals surface area contributed by atoms with E-state index in [2.05, 4.69) is 10.2 Å². The number of nitrogens with one attached hydrogen (secondary N) is 1. The topological polar surface area (TPSA) is 70.8 Å². The monoisotopic (exact) mass is 457 g/mol. The summed E-state index contributed by atoms with van der Waals surface area (Å²) in [6, 6.07) is 17.4. The van der Waals surface area contributed by atoms with Gasteiger partial charge in [0.2, 0.25) is 11.8 Å². The van der Waals surface area contributed by atoms with Crippen molar-refractivity contribution in [3.05, 3.63) is 77.1 Å². The zero-order valence-electron chi connectivity index (χ0n) is 19.8. The van der Waals surface area contributed by atoms with Gasteiger partial charge in [-0.3, -0.25) is 24.1 Å². The number of para-hydroxylation sites is 1. The summed E-state index contributed by atoms with van der Waals surface area (Å²) in [7, 11) is 0. The van der Waals surface area contributed by atoms with Crippen LogP contribution in [0.1, 0.15) is 50.7 Å². The van der Waals surface area contributed by atoms with Crippen molar-refractivity contribution in [2.24, 2.45) is 11.8 Å². The predicted molar refractivity (Wildman–Crippen MR) is 131 cm³/mol. The molecule has 2 aliphatic heterocycles. The Labute approximate surface area is 201 Å². The fraction of sp³-hybridized carbons (Fsp3) is 0.429. The summed E-state index contributed by atoms with van der Waals surface area (Å²) in [6.07, 6.45) is 1.35. The summed E-state index contributed by atoms with van der Waals surface area (Å²) >= 11 is 0. The zero-order chi connectivity index (χ0) is 24.3. The second-order valence-corrected chi connectivity index (χ2v) is 9.92. The van der Waals surface area contributed by atoms with E-state index in [1.807, 2.05) is 68.4 Å². The lowest BCUT2D eigenvalue weighted by Gasteiger charge is -2.26. The number of Topliss-reactive ketones (excluding diaryl/α,β-unsaturated/α-hetero) is 1. The minimum Gasteiger partial charge on any atom is -0.325 e. The number of aryl methyl sites for hydroxylation is 1. The van der Waals surface area contributed by atoms with Gasteiger partial charge in [-0.1, -0.05) is 62.4 Å². The average Bonchev–Trinajstić information content (AvgIpc) is 3.35. The van der Waals surface area contributed by atoms with Gasteiger partial charge in [-0.05, 0) is 36.0 Å². The molecular weight excluding hydrogens is 426 g/mol. The van der Waals surface area contributed by atoms with Crippen LogP contribution in [0.3, 0.4) is 0 Å². The van der Waals surface area contributed by atoms with Gasteiger partial charge in [0.15, 0.2) is 0 Å². The van der Waals surface area contributed by atoms with Crippen LogP contribution in [0.5, 0.6) is 0 Å². The Morgan fingerprint density at radius 3 is 2.56 bits per heavy atom. The third-order valence-corrected chi connectivity index (χ3v) is 7.00. The number of hydrogen-bond acceptors (Lipinski definition) is 3. The van der Waals surface area contributed by atoms with E-state index in [9.17, 15) is 14.4 Å². The Morgan fingerprint density at radius 1 is 1.15 bits per heavy atom. The molecule has 4 rings (SSSR count). The van der Waals surface area contributed by atoms with Crippen molar-refractivity contribution < 1.29 is 14.4 Å². The van der Waals surface area contributed by atoms with Crippen LogP contribution in [0.2, 0.25) is 0 Å². The van der Waals surface area contributed by atoms with E-state index in [0.717, 1.165) is 16.8 Å². The van der Waals surface area contributed by atoms with Crippen molar-refractivity contribution in [2.75, 3.05) is 11.9 Å². The first-order valence-corrected chi connectivity index (χ1v) is 12.0. The second-order valence-electron chi connectivity index (χ2n) is 9.92. The highest BCUT2D eigenvalue weighted by molar-refractivity contribution is 6.07. The number of fused-ring (bicyclic) bond motifs is 2. The highest BCUT2D eigenvalue weighted by Crippen LogP contribution is 2.47. The number of carbonyl (C=O) groups excluding carboxylic acids is 3. The number of ketones is 1. The number of carbonyl (C=O) groups is 3. The fourth-order valence-corrected chi connectivity index (χ4v) is 5.34. The van der Waals surface area contributed by atoms with Gasteiger partial charge >= 0.3 is 6.17 Å². The normalized spacial score (nSPS) is 21.9. The number of nitrogens with zero attached hydrogens (tertiary/aromatic N) is 2. The first-order chi connectivity index (χ1) is 16.3. The fourth-order valence-electron chi connectivity index (χ4n) is 5.34. The van der Waals surface area contributed by atoms with E-state index < -0.39 is 17.5 Å². The SMILES string of the molecule is [C-]#[N+][C@@H]1C[C@@]2(CN1C(=O)[C@@H](CC(=O)CCc1ccccc1)CC(C)C)C(=O)Nc1ccccc12. The molecule has 34 heavy (non-hydrogen) atoms. The van der Waals surface area contributed by atoms with Gasteiger partial charge in [0, 0.05) is 31.0 Å². The van der Waals surface area contributed by atoms with Crippen molar-refractivity contribution in [3.63, 3.8) is 0 Å². The molecule has 2 heterocycles. The Morgan fingerprint density at radius 2 is 1.85 bits per heavy atom. The van der Waals surface area contributed by atoms with E-state index >= 15 is 0 Å². The lowest BCUT2D eigenvalue weighted by molar-refractivity contribution is -0.139. The van der Waals surface area contributed by atoms with Crippen LogP contribution in [0.4, 0.5) is 5.69 Å². The molecule has 2 aromatic carbocycles. The maximum Gasteiger partial charge on any atom is 0.302 e. The molecule has 6 heteroatoms. The lowest BCUT2D eigenvalue weighted by Crippen LogP contribution is -2.43. The van der Waals surface area contributed by atoms with Crippen LogP contribution in [0, 0.1) is 18.4 Å². The highest BCUT2D eigenvalue weighted by atomic mass is 16.2. The number of anilines is 1. The summed E-state index contributed by atoms with van der Waals surface area (Å²) < 4.78 is 0. The van der Waals surface area contributed by atoms with Crippen LogP contribution in [0.25, 0.3) is 4.85 Å². The molecule has 0 bridgehead atoms. The first-order valence-electron chi connectivity index (χ1n) is 12.0. The summed E-state index contributed by atoms with van der Waals surface area (Å²) in [5.74, 6) is -0.536. The molecule has 1 fully saturated rings. The number of rotatable bonds is 8. The molecule has 6 nitrogen and oxygen atoms in total. The Balaban J connectivity index is 1.51. The maximum atomic E-state index is 13.7. The summed E-state index contributed by atoms with van der Waals surface area (Å²) in [5.41, 5.74) is 1.80. The lowest BCUT2D eigenvalue weighted by atomic mass is 9.80. The summed E-state index contributed by atoms with van der Waals surface area (Å²) in [5, 5.41) is 2.93. The van der Waals surface area contributed by atoms with Crippen LogP contribution in [-0.2, 0) is 26.2 Å². The zero-order valence-corrected chi connectivity index (χ0v) is 19.8. The molecule has 176 valence electrons. The quantitative estimate of drug-likeness (QED) is 0.589. The standard InChI is InChI=1S/C28H31N3O3/c1-19(2)15-21(16-22(32)14-13-20-9-5-4-6-10-20)26(33)31-18-28(17-25(31)29-3)23-11-7-8-12-24(23)30-27(28)34/h4-12,19,21,25H,13-18H2,1-2H3,(H,30,34)/t21-,25+,28+/m1/s1. The molecule has 0 unspecified atom stereocenters. The number of amides is 2. The molecule has 1 saturated heterocycles. The minimum absolute atomic E-state index is 0.0556. The first kappa shape index (κ1) is 23.7. The molecular formula is C28H31N3O3. The number of hydrogen-bond donors (Lipinski definition) is 1. The number of likely N-dealkylation sites (tertiary alicyclic amines) is 1. The average molecular weight is 458 g/mol. The molecule has 1 spiro atoms. The largest absolute Gasteiger partial charge is 0.325 e. The van der Waals surface area contributed by atoms with E-state index in [4.69, 9.17) is 6.57 Å². The highest BCUT2D eigenvalue weighted by Gasteiger charge is 2.58. The molecule has 2 amide bonds. The van der Waals surface area contributed by atoms with Gasteiger partial charge < -0.3 is 5.32 Å². The van der Waals surface area contributed by atoms with Gasteiger partial charge in [0.25, 0.3) is 0 Å². The molecule has 0 aromatic heterocycles. The summed E-state index contributed by atoms with van der Waals surface area (Å²) in [4.78, 5) is 44.9. The predicted octanol–water partition coefficient (Wildman–Crippen LogP) is 4.61. The van der Waals surface area contributed by atoms with Crippen LogP contribution < -0.4 is 5.32 Å². The molecule has 3 atom stereocenters. The summed E-state index contributed by atoms with van der Waals surface area (Å²) in [6.45, 7) is 12.0. The van der Waals surface area contributed by atoms with E-state index in [-0.39, 0.29) is 42.9 Å². The van der Waals surface area contributed by atoms with Crippen molar-refractivity contribution in [2.45, 2.75) is 57.5 Å². The third-order valence-electron chi connectivity index (χ3n) is 7.00. The van der Waals surface area contributed by atoms with E-state index in [0.29, 0.717) is 19.3 Å². The van der Waals surface area contributed by atoms with E-state index in [1.54, 1.807) is 4.90 Å². The Hall–Kier alpha value is -3.46. The molecule has 1 N–H and O–H groups in total. The van der Waals surface area contributed by atoms with Gasteiger partial charge in [0.1, 0.15) is 11.2 Å². The molecule has 0 radical (unpaired) electrons. The minimum atomic E-state index is -0.902. The molecule has 0 aliphatic carbocycles. The van der Waals surface area contributed by atoms with Crippen molar-refractivity contribution in [1.29, 1.82) is 0 Å². The third kappa shape index (κ3) is 4.61. The van der Waals surface area contributed by atoms with Crippen molar-refractivity contribution in [3.8, 4) is 0 Å². The van der Waals surface area contributed by atoms with Crippen LogP contribution >= 0.6 is 0 Å². The smallest absolute Gasteiger partial charge is 0.302 e. The van der Waals surface area contributed by atoms with Gasteiger partial charge in [0.05, 0.1) is 6.42 Å². The number of benzene rings is 2.